The van der Waals surface area contributed by atoms with Crippen molar-refractivity contribution < 1.29 is 9.90 Å². The number of likely N-dealkylation sites (tertiary alicyclic amines) is 1. The SMILES string of the molecule is O=C(CN1CCC(O)(c2ccccc2)CC1)N1CCN(C/C=C/c2ccccc2)CC1. The zero-order valence-electron chi connectivity index (χ0n) is 18.2. The third kappa shape index (κ3) is 5.82. The lowest BCUT2D eigenvalue weighted by atomic mass is 9.84. The molecule has 0 saturated carbocycles. The first-order chi connectivity index (χ1) is 15.1. The number of aliphatic hydroxyl groups is 1. The second kappa shape index (κ2) is 10.2. The highest BCUT2D eigenvalue weighted by Gasteiger charge is 2.34. The molecule has 2 aromatic carbocycles. The summed E-state index contributed by atoms with van der Waals surface area (Å²) in [6.45, 7) is 6.29. The summed E-state index contributed by atoms with van der Waals surface area (Å²) in [5.41, 5.74) is 1.44. The highest BCUT2D eigenvalue weighted by atomic mass is 16.3. The van der Waals surface area contributed by atoms with Gasteiger partial charge in [0.05, 0.1) is 12.1 Å². The molecule has 2 saturated heterocycles. The molecule has 0 radical (unpaired) electrons. The van der Waals surface area contributed by atoms with Gasteiger partial charge in [-0.1, -0.05) is 72.8 Å². The number of rotatable bonds is 6. The summed E-state index contributed by atoms with van der Waals surface area (Å²) >= 11 is 0. The number of piperazine rings is 1. The molecule has 2 aliphatic rings. The molecule has 1 amide bonds. The van der Waals surface area contributed by atoms with E-state index in [4.69, 9.17) is 0 Å². The van der Waals surface area contributed by atoms with E-state index < -0.39 is 5.60 Å². The van der Waals surface area contributed by atoms with Crippen molar-refractivity contribution in [2.45, 2.75) is 18.4 Å². The number of nitrogens with zero attached hydrogens (tertiary/aromatic N) is 3. The number of carbonyl (C=O) groups is 1. The van der Waals surface area contributed by atoms with Gasteiger partial charge in [-0.3, -0.25) is 14.6 Å². The van der Waals surface area contributed by atoms with Crippen LogP contribution in [0.3, 0.4) is 0 Å². The molecule has 2 aromatic rings. The summed E-state index contributed by atoms with van der Waals surface area (Å²) in [5, 5.41) is 11.0. The van der Waals surface area contributed by atoms with Gasteiger partial charge in [-0.25, -0.2) is 0 Å². The summed E-state index contributed by atoms with van der Waals surface area (Å²) in [4.78, 5) is 19.4. The summed E-state index contributed by atoms with van der Waals surface area (Å²) in [5.74, 6) is 0.213. The molecular formula is C26H33N3O2. The Morgan fingerprint density at radius 3 is 2.10 bits per heavy atom. The molecule has 2 heterocycles. The van der Waals surface area contributed by atoms with Crippen molar-refractivity contribution in [1.29, 1.82) is 0 Å². The number of hydrogen-bond acceptors (Lipinski definition) is 4. The summed E-state index contributed by atoms with van der Waals surface area (Å²) in [7, 11) is 0. The van der Waals surface area contributed by atoms with Crippen LogP contribution in [0.4, 0.5) is 0 Å². The first-order valence-corrected chi connectivity index (χ1v) is 11.3. The van der Waals surface area contributed by atoms with E-state index in [0.717, 1.165) is 51.4 Å². The van der Waals surface area contributed by atoms with Gasteiger partial charge in [-0.15, -0.1) is 0 Å². The molecule has 31 heavy (non-hydrogen) atoms. The fourth-order valence-electron chi connectivity index (χ4n) is 4.49. The van der Waals surface area contributed by atoms with Gasteiger partial charge >= 0.3 is 0 Å². The van der Waals surface area contributed by atoms with Gasteiger partial charge in [-0.05, 0) is 24.0 Å². The molecule has 0 aromatic heterocycles. The van der Waals surface area contributed by atoms with Crippen LogP contribution in [0.25, 0.3) is 6.08 Å². The average Bonchev–Trinajstić information content (AvgIpc) is 2.82. The normalized spacial score (nSPS) is 20.2. The smallest absolute Gasteiger partial charge is 0.236 e. The topological polar surface area (TPSA) is 47.0 Å². The van der Waals surface area contributed by atoms with Crippen LogP contribution in [0.5, 0.6) is 0 Å². The Balaban J connectivity index is 1.18. The lowest BCUT2D eigenvalue weighted by Crippen LogP contribution is -2.52. The quantitative estimate of drug-likeness (QED) is 0.782. The standard InChI is InChI=1S/C26H33N3O2/c30-25(22-28-16-13-26(31,14-17-28)24-11-5-2-6-12-24)29-20-18-27(19-21-29)15-7-10-23-8-3-1-4-9-23/h1-12,31H,13-22H2/b10-7+. The molecule has 5 heteroatoms. The minimum atomic E-state index is -0.764. The summed E-state index contributed by atoms with van der Waals surface area (Å²) in [6, 6.07) is 20.2. The molecule has 0 atom stereocenters. The Kier molecular flexibility index (Phi) is 7.17. The molecule has 5 nitrogen and oxygen atoms in total. The molecule has 4 rings (SSSR count). The van der Waals surface area contributed by atoms with Crippen LogP contribution in [0, 0.1) is 0 Å². The van der Waals surface area contributed by atoms with Gasteiger partial charge < -0.3 is 10.0 Å². The highest BCUT2D eigenvalue weighted by Crippen LogP contribution is 2.32. The average molecular weight is 420 g/mol. The molecule has 1 N–H and O–H groups in total. The van der Waals surface area contributed by atoms with E-state index in [1.807, 2.05) is 41.3 Å². The molecule has 2 fully saturated rings. The number of amides is 1. The van der Waals surface area contributed by atoms with Crippen molar-refractivity contribution in [3.05, 3.63) is 77.9 Å². The molecule has 0 spiro atoms. The van der Waals surface area contributed by atoms with Crippen LogP contribution >= 0.6 is 0 Å². The minimum absolute atomic E-state index is 0.213. The molecule has 164 valence electrons. The second-order valence-electron chi connectivity index (χ2n) is 8.67. The van der Waals surface area contributed by atoms with Crippen molar-refractivity contribution in [2.24, 2.45) is 0 Å². The molecular weight excluding hydrogens is 386 g/mol. The van der Waals surface area contributed by atoms with Crippen LogP contribution in [-0.2, 0) is 10.4 Å². The number of piperidine rings is 1. The maximum atomic E-state index is 12.8. The largest absolute Gasteiger partial charge is 0.385 e. The molecule has 0 unspecified atom stereocenters. The Morgan fingerprint density at radius 2 is 1.45 bits per heavy atom. The van der Waals surface area contributed by atoms with Crippen LogP contribution in [0.15, 0.2) is 66.7 Å². The van der Waals surface area contributed by atoms with Crippen molar-refractivity contribution in [3.8, 4) is 0 Å². The first kappa shape index (κ1) is 21.8. The monoisotopic (exact) mass is 419 g/mol. The highest BCUT2D eigenvalue weighted by molar-refractivity contribution is 5.78. The number of carbonyl (C=O) groups excluding carboxylic acids is 1. The van der Waals surface area contributed by atoms with Crippen molar-refractivity contribution in [1.82, 2.24) is 14.7 Å². The summed E-state index contributed by atoms with van der Waals surface area (Å²) < 4.78 is 0. The third-order valence-corrected chi connectivity index (χ3v) is 6.55. The van der Waals surface area contributed by atoms with E-state index in [0.29, 0.717) is 19.4 Å². The first-order valence-electron chi connectivity index (χ1n) is 11.3. The zero-order chi connectivity index (χ0) is 21.5. The second-order valence-corrected chi connectivity index (χ2v) is 8.67. The third-order valence-electron chi connectivity index (χ3n) is 6.55. The molecule has 0 aliphatic carbocycles. The van der Waals surface area contributed by atoms with Crippen LogP contribution in [0.1, 0.15) is 24.0 Å². The van der Waals surface area contributed by atoms with Crippen molar-refractivity contribution in [2.75, 3.05) is 52.4 Å². The van der Waals surface area contributed by atoms with E-state index >= 15 is 0 Å². The van der Waals surface area contributed by atoms with E-state index in [-0.39, 0.29) is 5.91 Å². The summed E-state index contributed by atoms with van der Waals surface area (Å²) in [6.07, 6.45) is 5.70. The maximum absolute atomic E-state index is 12.8. The van der Waals surface area contributed by atoms with Gasteiger partial charge in [0.1, 0.15) is 0 Å². The van der Waals surface area contributed by atoms with Gasteiger partial charge in [-0.2, -0.15) is 0 Å². The molecule has 0 bridgehead atoms. The maximum Gasteiger partial charge on any atom is 0.236 e. The Hall–Kier alpha value is -2.47. The lowest BCUT2D eigenvalue weighted by Gasteiger charge is -2.40. The predicted molar refractivity (Wildman–Crippen MR) is 125 cm³/mol. The Bertz CT molecular complexity index is 853. The van der Waals surface area contributed by atoms with Crippen LogP contribution < -0.4 is 0 Å². The van der Waals surface area contributed by atoms with Crippen molar-refractivity contribution in [3.63, 3.8) is 0 Å². The fourth-order valence-corrected chi connectivity index (χ4v) is 4.49. The predicted octanol–water partition coefficient (Wildman–Crippen LogP) is 2.83. The zero-order valence-corrected chi connectivity index (χ0v) is 18.2. The van der Waals surface area contributed by atoms with E-state index in [1.54, 1.807) is 0 Å². The van der Waals surface area contributed by atoms with Gasteiger partial charge in [0.25, 0.3) is 0 Å². The lowest BCUT2D eigenvalue weighted by molar-refractivity contribution is -0.135. The number of hydrogen-bond donors (Lipinski definition) is 1. The van der Waals surface area contributed by atoms with Crippen LogP contribution in [0.2, 0.25) is 0 Å². The molecule has 2 aliphatic heterocycles. The van der Waals surface area contributed by atoms with Gasteiger partial charge in [0.2, 0.25) is 5.91 Å². The van der Waals surface area contributed by atoms with Gasteiger partial charge in [0, 0.05) is 45.8 Å². The number of benzene rings is 2. The minimum Gasteiger partial charge on any atom is -0.385 e. The van der Waals surface area contributed by atoms with Gasteiger partial charge in [0.15, 0.2) is 0 Å². The fraction of sp³-hybridized carbons (Fsp3) is 0.423. The van der Waals surface area contributed by atoms with E-state index in [9.17, 15) is 9.90 Å². The van der Waals surface area contributed by atoms with Crippen molar-refractivity contribution >= 4 is 12.0 Å². The Morgan fingerprint density at radius 1 is 0.839 bits per heavy atom. The van der Waals surface area contributed by atoms with E-state index in [2.05, 4.69) is 46.2 Å². The Labute approximate surface area is 185 Å². The van der Waals surface area contributed by atoms with E-state index in [1.165, 1.54) is 5.56 Å². The van der Waals surface area contributed by atoms with Crippen LogP contribution in [-0.4, -0.2) is 78.1 Å².